The number of hydrogen-bond donors (Lipinski definition) is 0. The van der Waals surface area contributed by atoms with Crippen molar-refractivity contribution in [3.05, 3.63) is 54.0 Å². The topological polar surface area (TPSA) is 33.5 Å². The lowest BCUT2D eigenvalue weighted by Crippen LogP contribution is -2.39. The summed E-state index contributed by atoms with van der Waals surface area (Å²) < 4.78 is 43.1. The highest BCUT2D eigenvalue weighted by Crippen LogP contribution is 2.24. The maximum absolute atomic E-state index is 12.7. The van der Waals surface area contributed by atoms with E-state index in [2.05, 4.69) is 0 Å². The van der Waals surface area contributed by atoms with E-state index >= 15 is 0 Å². The van der Waals surface area contributed by atoms with Gasteiger partial charge < -0.3 is 9.32 Å². The summed E-state index contributed by atoms with van der Waals surface area (Å²) in [5.41, 5.74) is 0.985. The Morgan fingerprint density at radius 2 is 1.96 bits per heavy atom. The number of aryl methyl sites for hydroxylation is 1. The molecule has 1 heterocycles. The summed E-state index contributed by atoms with van der Waals surface area (Å²) in [5, 5.41) is 0. The van der Waals surface area contributed by atoms with Crippen LogP contribution >= 0.6 is 11.8 Å². The van der Waals surface area contributed by atoms with Gasteiger partial charge in [0.2, 0.25) is 5.91 Å². The average molecular weight is 343 g/mol. The van der Waals surface area contributed by atoms with Crippen LogP contribution in [-0.2, 0) is 11.3 Å². The monoisotopic (exact) mass is 343 g/mol. The van der Waals surface area contributed by atoms with Crippen LogP contribution in [0.4, 0.5) is 13.2 Å². The van der Waals surface area contributed by atoms with E-state index in [-0.39, 0.29) is 12.3 Å². The molecule has 0 radical (unpaired) electrons. The summed E-state index contributed by atoms with van der Waals surface area (Å²) in [6, 6.07) is 10.6. The van der Waals surface area contributed by atoms with Crippen LogP contribution in [0.1, 0.15) is 11.3 Å². The Bertz CT molecular complexity index is 641. The van der Waals surface area contributed by atoms with Crippen molar-refractivity contribution in [1.29, 1.82) is 0 Å². The van der Waals surface area contributed by atoms with Crippen LogP contribution in [0, 0.1) is 6.92 Å². The van der Waals surface area contributed by atoms with Crippen molar-refractivity contribution in [3.8, 4) is 0 Å². The van der Waals surface area contributed by atoms with Crippen molar-refractivity contribution in [3.63, 3.8) is 0 Å². The summed E-state index contributed by atoms with van der Waals surface area (Å²) in [4.78, 5) is 13.8. The smallest absolute Gasteiger partial charge is 0.406 e. The van der Waals surface area contributed by atoms with Crippen LogP contribution in [0.25, 0.3) is 0 Å². The number of rotatable bonds is 6. The summed E-state index contributed by atoms with van der Waals surface area (Å²) in [6.45, 7) is 0.406. The van der Waals surface area contributed by atoms with Gasteiger partial charge >= 0.3 is 6.18 Å². The number of nitrogens with zero attached hydrogens (tertiary/aromatic N) is 1. The van der Waals surface area contributed by atoms with Gasteiger partial charge in [0.25, 0.3) is 0 Å². The van der Waals surface area contributed by atoms with E-state index in [1.165, 1.54) is 18.0 Å². The van der Waals surface area contributed by atoms with E-state index in [1.807, 2.05) is 31.2 Å². The number of halogens is 3. The predicted molar refractivity (Wildman–Crippen MR) is 82.1 cm³/mol. The van der Waals surface area contributed by atoms with Gasteiger partial charge in [-0.3, -0.25) is 4.79 Å². The second kappa shape index (κ2) is 7.59. The normalized spacial score (nSPS) is 11.5. The van der Waals surface area contributed by atoms with Crippen molar-refractivity contribution in [2.45, 2.75) is 24.5 Å². The van der Waals surface area contributed by atoms with Gasteiger partial charge in [0.1, 0.15) is 12.3 Å². The van der Waals surface area contributed by atoms with Crippen molar-refractivity contribution in [2.75, 3.05) is 12.3 Å². The molecule has 0 aliphatic carbocycles. The van der Waals surface area contributed by atoms with E-state index in [4.69, 9.17) is 4.42 Å². The minimum absolute atomic E-state index is 0.0539. The second-order valence-corrected chi connectivity index (χ2v) is 6.02. The molecule has 0 atom stereocenters. The lowest BCUT2D eigenvalue weighted by atomic mass is 10.2. The standard InChI is InChI=1S/C16H16F3NO2S/c1-12-5-2-3-7-14(12)23-10-15(21)20(11-16(17,18)19)9-13-6-4-8-22-13/h2-8H,9-11H2,1H3. The van der Waals surface area contributed by atoms with Crippen molar-refractivity contribution in [1.82, 2.24) is 4.90 Å². The first kappa shape index (κ1) is 17.5. The molecule has 1 aromatic heterocycles. The van der Waals surface area contributed by atoms with E-state index in [9.17, 15) is 18.0 Å². The van der Waals surface area contributed by atoms with Gasteiger partial charge in [-0.2, -0.15) is 13.2 Å². The molecule has 2 aromatic rings. The van der Waals surface area contributed by atoms with Crippen molar-refractivity contribution in [2.24, 2.45) is 0 Å². The van der Waals surface area contributed by atoms with Gasteiger partial charge in [0, 0.05) is 4.90 Å². The molecule has 0 saturated carbocycles. The molecule has 7 heteroatoms. The molecule has 0 N–H and O–H groups in total. The van der Waals surface area contributed by atoms with Crippen LogP contribution in [0.3, 0.4) is 0 Å². The predicted octanol–water partition coefficient (Wildman–Crippen LogP) is 4.27. The van der Waals surface area contributed by atoms with Crippen LogP contribution in [-0.4, -0.2) is 29.3 Å². The molecular weight excluding hydrogens is 327 g/mol. The second-order valence-electron chi connectivity index (χ2n) is 5.00. The number of amides is 1. The van der Waals surface area contributed by atoms with Crippen molar-refractivity contribution >= 4 is 17.7 Å². The van der Waals surface area contributed by atoms with Gasteiger partial charge in [0.05, 0.1) is 18.6 Å². The SMILES string of the molecule is Cc1ccccc1SCC(=O)N(Cc1ccco1)CC(F)(F)F. The zero-order chi connectivity index (χ0) is 16.9. The Morgan fingerprint density at radius 3 is 2.57 bits per heavy atom. The molecule has 23 heavy (non-hydrogen) atoms. The van der Waals surface area contributed by atoms with Gasteiger partial charge in [-0.1, -0.05) is 18.2 Å². The number of alkyl halides is 3. The molecule has 2 rings (SSSR count). The highest BCUT2D eigenvalue weighted by Gasteiger charge is 2.33. The van der Waals surface area contributed by atoms with Crippen LogP contribution in [0.5, 0.6) is 0 Å². The molecule has 1 amide bonds. The molecule has 0 bridgehead atoms. The molecule has 0 saturated heterocycles. The van der Waals surface area contributed by atoms with Crippen LogP contribution in [0.15, 0.2) is 52.0 Å². The van der Waals surface area contributed by atoms with Crippen molar-refractivity contribution < 1.29 is 22.4 Å². The summed E-state index contributed by atoms with van der Waals surface area (Å²) in [5.74, 6) is -0.308. The zero-order valence-corrected chi connectivity index (χ0v) is 13.3. The Labute approximate surface area is 136 Å². The highest BCUT2D eigenvalue weighted by molar-refractivity contribution is 8.00. The number of carbonyl (C=O) groups is 1. The Balaban J connectivity index is 2.02. The molecule has 124 valence electrons. The quantitative estimate of drug-likeness (QED) is 0.735. The van der Waals surface area contributed by atoms with Gasteiger partial charge in [-0.05, 0) is 30.7 Å². The number of hydrogen-bond acceptors (Lipinski definition) is 3. The third kappa shape index (κ3) is 5.67. The highest BCUT2D eigenvalue weighted by atomic mass is 32.2. The first-order valence-corrected chi connectivity index (χ1v) is 7.89. The molecule has 0 spiro atoms. The van der Waals surface area contributed by atoms with Crippen LogP contribution < -0.4 is 0 Å². The third-order valence-corrected chi connectivity index (χ3v) is 4.25. The van der Waals surface area contributed by atoms with Gasteiger partial charge in [-0.25, -0.2) is 0 Å². The number of carbonyl (C=O) groups excluding carboxylic acids is 1. The molecule has 1 aromatic carbocycles. The fourth-order valence-electron chi connectivity index (χ4n) is 1.99. The van der Waals surface area contributed by atoms with E-state index in [0.717, 1.165) is 15.4 Å². The molecule has 0 fully saturated rings. The maximum Gasteiger partial charge on any atom is 0.406 e. The van der Waals surface area contributed by atoms with Gasteiger partial charge in [0.15, 0.2) is 0 Å². The molecule has 0 aliphatic rings. The Hall–Kier alpha value is -1.89. The first-order valence-electron chi connectivity index (χ1n) is 6.90. The van der Waals surface area contributed by atoms with E-state index in [0.29, 0.717) is 5.76 Å². The van der Waals surface area contributed by atoms with E-state index < -0.39 is 18.6 Å². The maximum atomic E-state index is 12.7. The van der Waals surface area contributed by atoms with Crippen LogP contribution in [0.2, 0.25) is 0 Å². The summed E-state index contributed by atoms with van der Waals surface area (Å²) in [7, 11) is 0. The zero-order valence-electron chi connectivity index (χ0n) is 12.5. The largest absolute Gasteiger partial charge is 0.467 e. The minimum Gasteiger partial charge on any atom is -0.467 e. The Morgan fingerprint density at radius 1 is 1.22 bits per heavy atom. The number of benzene rings is 1. The summed E-state index contributed by atoms with van der Waals surface area (Å²) in [6.07, 6.45) is -3.08. The molecule has 3 nitrogen and oxygen atoms in total. The summed E-state index contributed by atoms with van der Waals surface area (Å²) >= 11 is 1.23. The average Bonchev–Trinajstić information content (AvgIpc) is 2.97. The first-order chi connectivity index (χ1) is 10.8. The number of furan rings is 1. The fourth-order valence-corrected chi connectivity index (χ4v) is 2.92. The molecule has 0 aliphatic heterocycles. The lowest BCUT2D eigenvalue weighted by molar-refractivity contribution is -0.161. The lowest BCUT2D eigenvalue weighted by Gasteiger charge is -2.23. The minimum atomic E-state index is -4.45. The van der Waals surface area contributed by atoms with E-state index in [1.54, 1.807) is 12.1 Å². The molecule has 0 unspecified atom stereocenters. The van der Waals surface area contributed by atoms with Gasteiger partial charge in [-0.15, -0.1) is 11.8 Å². The number of thioether (sulfide) groups is 1. The molecular formula is C16H16F3NO2S. The Kier molecular flexibility index (Phi) is 5.76. The fraction of sp³-hybridized carbons (Fsp3) is 0.312. The third-order valence-electron chi connectivity index (χ3n) is 3.09.